The zero-order chi connectivity index (χ0) is 11.8. The Bertz CT molecular complexity index is 276. The van der Waals surface area contributed by atoms with Gasteiger partial charge in [-0.05, 0) is 31.4 Å². The summed E-state index contributed by atoms with van der Waals surface area (Å²) in [4.78, 5) is 1.42. The van der Waals surface area contributed by atoms with Gasteiger partial charge in [0.2, 0.25) is 0 Å². The highest BCUT2D eigenvalue weighted by Crippen LogP contribution is 2.25. The summed E-state index contributed by atoms with van der Waals surface area (Å²) in [5.74, 6) is 2.17. The van der Waals surface area contributed by atoms with Gasteiger partial charge in [-0.3, -0.25) is 0 Å². The molecule has 0 spiro atoms. The molecule has 1 aromatic rings. The summed E-state index contributed by atoms with van der Waals surface area (Å²) in [7, 11) is 0. The fraction of sp³-hybridized carbons (Fsp3) is 0.600. The van der Waals surface area contributed by atoms with E-state index in [-0.39, 0.29) is 0 Å². The van der Waals surface area contributed by atoms with E-state index in [4.69, 9.17) is 0 Å². The summed E-state index contributed by atoms with van der Waals surface area (Å²) < 4.78 is 0. The molecule has 0 radical (unpaired) electrons. The lowest BCUT2D eigenvalue weighted by Gasteiger charge is -2.13. The van der Waals surface area contributed by atoms with Crippen molar-refractivity contribution in [3.63, 3.8) is 0 Å². The predicted molar refractivity (Wildman–Crippen MR) is 75.2 cm³/mol. The van der Waals surface area contributed by atoms with Crippen molar-refractivity contribution in [2.75, 3.05) is 5.75 Å². The third-order valence-electron chi connectivity index (χ3n) is 3.05. The van der Waals surface area contributed by atoms with Crippen LogP contribution < -0.4 is 0 Å². The van der Waals surface area contributed by atoms with Crippen molar-refractivity contribution in [2.45, 2.75) is 51.3 Å². The van der Waals surface area contributed by atoms with Crippen LogP contribution in [0, 0.1) is 12.8 Å². The van der Waals surface area contributed by atoms with Crippen molar-refractivity contribution in [1.29, 1.82) is 0 Å². The molecule has 0 aromatic heterocycles. The molecule has 1 heteroatoms. The van der Waals surface area contributed by atoms with Gasteiger partial charge in [-0.1, -0.05) is 50.8 Å². The molecule has 0 aliphatic rings. The molecular formula is C15H24S. The van der Waals surface area contributed by atoms with Gasteiger partial charge in [-0.2, -0.15) is 0 Å². The Morgan fingerprint density at radius 2 is 1.81 bits per heavy atom. The second kappa shape index (κ2) is 7.78. The minimum atomic E-state index is 0.895. The molecule has 0 saturated heterocycles. The van der Waals surface area contributed by atoms with E-state index in [2.05, 4.69) is 45.0 Å². The third kappa shape index (κ3) is 5.07. The van der Waals surface area contributed by atoms with Crippen LogP contribution in [0.4, 0.5) is 0 Å². The van der Waals surface area contributed by atoms with Crippen molar-refractivity contribution in [1.82, 2.24) is 0 Å². The van der Waals surface area contributed by atoms with Gasteiger partial charge >= 0.3 is 0 Å². The summed E-state index contributed by atoms with van der Waals surface area (Å²) in [5, 5.41) is 0. The van der Waals surface area contributed by atoms with Crippen LogP contribution in [0.25, 0.3) is 0 Å². The van der Waals surface area contributed by atoms with Gasteiger partial charge in [0, 0.05) is 10.6 Å². The summed E-state index contributed by atoms with van der Waals surface area (Å²) in [6.45, 7) is 6.74. The topological polar surface area (TPSA) is 0 Å². The van der Waals surface area contributed by atoms with Crippen LogP contribution in [0.1, 0.15) is 45.1 Å². The summed E-state index contributed by atoms with van der Waals surface area (Å²) in [6.07, 6.45) is 5.42. The molecule has 1 unspecified atom stereocenters. The first-order valence-electron chi connectivity index (χ1n) is 6.45. The van der Waals surface area contributed by atoms with E-state index in [0.717, 1.165) is 5.92 Å². The Hall–Kier alpha value is -0.430. The standard InChI is InChI=1S/C15H24S/c1-4-6-7-14(5-2)12-16-15-10-8-13(3)9-11-15/h8-11,14H,4-7,12H2,1-3H3. The van der Waals surface area contributed by atoms with Crippen molar-refractivity contribution < 1.29 is 0 Å². The highest BCUT2D eigenvalue weighted by Gasteiger charge is 2.06. The van der Waals surface area contributed by atoms with Gasteiger partial charge in [-0.25, -0.2) is 0 Å². The Kier molecular flexibility index (Phi) is 6.63. The van der Waals surface area contributed by atoms with E-state index in [0.29, 0.717) is 0 Å². The largest absolute Gasteiger partial charge is 0.126 e. The molecule has 0 N–H and O–H groups in total. The van der Waals surface area contributed by atoms with E-state index in [1.54, 1.807) is 0 Å². The Morgan fingerprint density at radius 1 is 1.12 bits per heavy atom. The fourth-order valence-electron chi connectivity index (χ4n) is 1.75. The number of hydrogen-bond donors (Lipinski definition) is 0. The van der Waals surface area contributed by atoms with E-state index >= 15 is 0 Å². The first-order chi connectivity index (χ1) is 7.76. The molecule has 90 valence electrons. The minimum absolute atomic E-state index is 0.895. The van der Waals surface area contributed by atoms with Crippen molar-refractivity contribution in [3.8, 4) is 0 Å². The van der Waals surface area contributed by atoms with Gasteiger partial charge in [0.25, 0.3) is 0 Å². The van der Waals surface area contributed by atoms with Crippen molar-refractivity contribution >= 4 is 11.8 Å². The lowest BCUT2D eigenvalue weighted by molar-refractivity contribution is 0.499. The molecule has 0 aliphatic carbocycles. The average Bonchev–Trinajstić information content (AvgIpc) is 2.32. The molecular weight excluding hydrogens is 212 g/mol. The second-order valence-corrected chi connectivity index (χ2v) is 5.63. The summed E-state index contributed by atoms with van der Waals surface area (Å²) in [6, 6.07) is 8.89. The zero-order valence-electron chi connectivity index (χ0n) is 10.8. The van der Waals surface area contributed by atoms with Crippen LogP contribution >= 0.6 is 11.8 Å². The van der Waals surface area contributed by atoms with Gasteiger partial charge < -0.3 is 0 Å². The third-order valence-corrected chi connectivity index (χ3v) is 4.29. The molecule has 1 rings (SSSR count). The van der Waals surface area contributed by atoms with Gasteiger partial charge in [0.15, 0.2) is 0 Å². The normalized spacial score (nSPS) is 12.7. The number of rotatable bonds is 7. The Labute approximate surface area is 105 Å². The van der Waals surface area contributed by atoms with Crippen molar-refractivity contribution in [3.05, 3.63) is 29.8 Å². The summed E-state index contributed by atoms with van der Waals surface area (Å²) >= 11 is 2.01. The molecule has 0 bridgehead atoms. The number of benzene rings is 1. The van der Waals surface area contributed by atoms with Crippen LogP contribution in [0.15, 0.2) is 29.2 Å². The van der Waals surface area contributed by atoms with Gasteiger partial charge in [0.05, 0.1) is 0 Å². The van der Waals surface area contributed by atoms with E-state index in [1.807, 2.05) is 11.8 Å². The van der Waals surface area contributed by atoms with Crippen LogP contribution in [0.2, 0.25) is 0 Å². The molecule has 0 aliphatic heterocycles. The highest BCUT2D eigenvalue weighted by atomic mass is 32.2. The second-order valence-electron chi connectivity index (χ2n) is 4.54. The fourth-order valence-corrected chi connectivity index (χ4v) is 2.91. The number of thioether (sulfide) groups is 1. The smallest absolute Gasteiger partial charge is 0.00722 e. The van der Waals surface area contributed by atoms with E-state index in [9.17, 15) is 0 Å². The average molecular weight is 236 g/mol. The first kappa shape index (κ1) is 13.6. The van der Waals surface area contributed by atoms with Crippen LogP contribution in [0.5, 0.6) is 0 Å². The molecule has 16 heavy (non-hydrogen) atoms. The van der Waals surface area contributed by atoms with E-state index < -0.39 is 0 Å². The van der Waals surface area contributed by atoms with Crippen LogP contribution in [-0.4, -0.2) is 5.75 Å². The van der Waals surface area contributed by atoms with E-state index in [1.165, 1.54) is 41.9 Å². The number of hydrogen-bond acceptors (Lipinski definition) is 1. The lowest BCUT2D eigenvalue weighted by atomic mass is 10.0. The van der Waals surface area contributed by atoms with Crippen LogP contribution in [-0.2, 0) is 0 Å². The molecule has 1 aromatic carbocycles. The zero-order valence-corrected chi connectivity index (χ0v) is 11.6. The van der Waals surface area contributed by atoms with Gasteiger partial charge in [-0.15, -0.1) is 11.8 Å². The molecule has 1 atom stereocenters. The lowest BCUT2D eigenvalue weighted by Crippen LogP contribution is -2.01. The maximum atomic E-state index is 2.32. The molecule has 0 fully saturated rings. The Balaban J connectivity index is 2.34. The monoisotopic (exact) mass is 236 g/mol. The summed E-state index contributed by atoms with van der Waals surface area (Å²) in [5.41, 5.74) is 1.35. The Morgan fingerprint density at radius 3 is 2.38 bits per heavy atom. The molecule has 0 nitrogen and oxygen atoms in total. The molecule has 0 amide bonds. The predicted octanol–water partition coefficient (Wildman–Crippen LogP) is 5.30. The van der Waals surface area contributed by atoms with Gasteiger partial charge in [0.1, 0.15) is 0 Å². The maximum Gasteiger partial charge on any atom is 0.00722 e. The first-order valence-corrected chi connectivity index (χ1v) is 7.44. The molecule has 0 saturated carbocycles. The van der Waals surface area contributed by atoms with Crippen LogP contribution in [0.3, 0.4) is 0 Å². The number of aryl methyl sites for hydroxylation is 1. The SMILES string of the molecule is CCCCC(CC)CSc1ccc(C)cc1. The van der Waals surface area contributed by atoms with Crippen molar-refractivity contribution in [2.24, 2.45) is 5.92 Å². The number of unbranched alkanes of at least 4 members (excludes halogenated alkanes) is 1. The molecule has 0 heterocycles. The maximum absolute atomic E-state index is 2.32. The highest BCUT2D eigenvalue weighted by molar-refractivity contribution is 7.99. The quantitative estimate of drug-likeness (QED) is 0.579. The minimum Gasteiger partial charge on any atom is -0.126 e.